The molecule has 0 atom stereocenters. The first-order valence-electron chi connectivity index (χ1n) is 6.06. The van der Waals surface area contributed by atoms with Gasteiger partial charge in [-0.05, 0) is 18.6 Å². The SMILES string of the molecule is CNC(=O)c1c[nH]c2c(C)cc(C(C)(C)C)nc12. The minimum Gasteiger partial charge on any atom is -0.359 e. The van der Waals surface area contributed by atoms with E-state index in [-0.39, 0.29) is 11.3 Å². The summed E-state index contributed by atoms with van der Waals surface area (Å²) in [4.78, 5) is 19.6. The van der Waals surface area contributed by atoms with Crippen molar-refractivity contribution in [2.45, 2.75) is 33.1 Å². The highest BCUT2D eigenvalue weighted by molar-refractivity contribution is 6.05. The second-order valence-electron chi connectivity index (χ2n) is 5.58. The first-order chi connectivity index (χ1) is 8.34. The zero-order valence-corrected chi connectivity index (χ0v) is 11.5. The van der Waals surface area contributed by atoms with E-state index in [4.69, 9.17) is 0 Å². The van der Waals surface area contributed by atoms with Crippen LogP contribution in [0.2, 0.25) is 0 Å². The molecule has 2 aromatic rings. The van der Waals surface area contributed by atoms with Crippen molar-refractivity contribution in [3.63, 3.8) is 0 Å². The molecule has 0 radical (unpaired) electrons. The fourth-order valence-corrected chi connectivity index (χ4v) is 1.95. The number of H-pyrrole nitrogens is 1. The van der Waals surface area contributed by atoms with Gasteiger partial charge in [-0.25, -0.2) is 4.98 Å². The van der Waals surface area contributed by atoms with Crippen molar-refractivity contribution in [1.82, 2.24) is 15.3 Å². The molecule has 0 saturated heterocycles. The molecule has 0 spiro atoms. The van der Waals surface area contributed by atoms with Crippen LogP contribution in [0.25, 0.3) is 11.0 Å². The maximum absolute atomic E-state index is 11.8. The highest BCUT2D eigenvalue weighted by Gasteiger charge is 2.20. The van der Waals surface area contributed by atoms with Gasteiger partial charge in [0.2, 0.25) is 0 Å². The zero-order chi connectivity index (χ0) is 13.5. The summed E-state index contributed by atoms with van der Waals surface area (Å²) in [7, 11) is 1.63. The van der Waals surface area contributed by atoms with Crippen LogP contribution in [-0.2, 0) is 5.41 Å². The summed E-state index contributed by atoms with van der Waals surface area (Å²) in [5.74, 6) is -0.112. The molecule has 1 amide bonds. The second-order valence-corrected chi connectivity index (χ2v) is 5.58. The number of amides is 1. The smallest absolute Gasteiger partial charge is 0.254 e. The third kappa shape index (κ3) is 1.98. The maximum Gasteiger partial charge on any atom is 0.254 e. The Balaban J connectivity index is 2.72. The highest BCUT2D eigenvalue weighted by atomic mass is 16.1. The van der Waals surface area contributed by atoms with Crippen LogP contribution < -0.4 is 5.32 Å². The van der Waals surface area contributed by atoms with Crippen molar-refractivity contribution in [3.05, 3.63) is 29.1 Å². The largest absolute Gasteiger partial charge is 0.359 e. The van der Waals surface area contributed by atoms with E-state index >= 15 is 0 Å². The van der Waals surface area contributed by atoms with Crippen LogP contribution in [0.3, 0.4) is 0 Å². The van der Waals surface area contributed by atoms with Crippen LogP contribution in [-0.4, -0.2) is 22.9 Å². The molecule has 0 fully saturated rings. The average molecular weight is 245 g/mol. The summed E-state index contributed by atoms with van der Waals surface area (Å²) < 4.78 is 0. The standard InChI is InChI=1S/C14H19N3O/c1-8-6-10(14(2,3)4)17-12-9(13(18)15-5)7-16-11(8)12/h6-7,16H,1-5H3,(H,15,18). The number of nitrogens with zero attached hydrogens (tertiary/aromatic N) is 1. The van der Waals surface area contributed by atoms with E-state index < -0.39 is 0 Å². The molecule has 18 heavy (non-hydrogen) atoms. The molecule has 0 unspecified atom stereocenters. The predicted molar refractivity (Wildman–Crippen MR) is 72.9 cm³/mol. The monoisotopic (exact) mass is 245 g/mol. The number of hydrogen-bond donors (Lipinski definition) is 2. The molecule has 4 nitrogen and oxygen atoms in total. The Morgan fingerprint density at radius 3 is 2.61 bits per heavy atom. The number of aromatic amines is 1. The van der Waals surface area contributed by atoms with Crippen molar-refractivity contribution >= 4 is 16.9 Å². The number of aromatic nitrogens is 2. The van der Waals surface area contributed by atoms with Crippen molar-refractivity contribution in [3.8, 4) is 0 Å². The Kier molecular flexibility index (Phi) is 2.89. The first-order valence-corrected chi connectivity index (χ1v) is 6.06. The molecular formula is C14H19N3O. The fourth-order valence-electron chi connectivity index (χ4n) is 1.95. The molecule has 4 heteroatoms. The number of hydrogen-bond acceptors (Lipinski definition) is 2. The molecule has 0 aliphatic heterocycles. The normalized spacial score (nSPS) is 11.8. The number of rotatable bonds is 1. The van der Waals surface area contributed by atoms with Crippen LogP contribution in [0.1, 0.15) is 42.4 Å². The number of carbonyl (C=O) groups excluding carboxylic acids is 1. The predicted octanol–water partition coefficient (Wildman–Crippen LogP) is 2.53. The van der Waals surface area contributed by atoms with Gasteiger partial charge < -0.3 is 10.3 Å². The van der Waals surface area contributed by atoms with E-state index in [1.54, 1.807) is 13.2 Å². The molecule has 2 N–H and O–H groups in total. The van der Waals surface area contributed by atoms with Gasteiger partial charge in [-0.2, -0.15) is 0 Å². The molecular weight excluding hydrogens is 226 g/mol. The Labute approximate surface area is 107 Å². The van der Waals surface area contributed by atoms with Crippen molar-refractivity contribution in [2.24, 2.45) is 0 Å². The molecule has 96 valence electrons. The lowest BCUT2D eigenvalue weighted by Crippen LogP contribution is -2.18. The van der Waals surface area contributed by atoms with E-state index in [0.717, 1.165) is 22.3 Å². The number of aryl methyl sites for hydroxylation is 1. The van der Waals surface area contributed by atoms with Crippen LogP contribution in [0.4, 0.5) is 0 Å². The number of carbonyl (C=O) groups is 1. The first kappa shape index (κ1) is 12.6. The van der Waals surface area contributed by atoms with E-state index in [1.807, 2.05) is 6.92 Å². The van der Waals surface area contributed by atoms with Gasteiger partial charge in [0, 0.05) is 24.4 Å². The third-order valence-corrected chi connectivity index (χ3v) is 3.07. The van der Waals surface area contributed by atoms with Gasteiger partial charge in [0.25, 0.3) is 5.91 Å². The Morgan fingerprint density at radius 2 is 2.06 bits per heavy atom. The van der Waals surface area contributed by atoms with Crippen molar-refractivity contribution in [1.29, 1.82) is 0 Å². The van der Waals surface area contributed by atoms with Gasteiger partial charge in [-0.1, -0.05) is 20.8 Å². The van der Waals surface area contributed by atoms with Gasteiger partial charge in [0.1, 0.15) is 5.52 Å². The molecule has 2 aromatic heterocycles. The molecule has 2 rings (SSSR count). The zero-order valence-electron chi connectivity index (χ0n) is 11.5. The Bertz CT molecular complexity index is 605. The number of fused-ring (bicyclic) bond motifs is 1. The van der Waals surface area contributed by atoms with Gasteiger partial charge in [0.05, 0.1) is 11.1 Å². The lowest BCUT2D eigenvalue weighted by molar-refractivity contribution is 0.0964. The summed E-state index contributed by atoms with van der Waals surface area (Å²) in [5.41, 5.74) is 4.36. The summed E-state index contributed by atoms with van der Waals surface area (Å²) in [6.45, 7) is 8.38. The molecule has 0 aliphatic carbocycles. The van der Waals surface area contributed by atoms with Crippen LogP contribution in [0, 0.1) is 6.92 Å². The van der Waals surface area contributed by atoms with Crippen LogP contribution in [0.15, 0.2) is 12.3 Å². The molecule has 0 saturated carbocycles. The number of nitrogens with one attached hydrogen (secondary N) is 2. The summed E-state index contributed by atoms with van der Waals surface area (Å²) in [6.07, 6.45) is 1.72. The van der Waals surface area contributed by atoms with Gasteiger partial charge in [-0.15, -0.1) is 0 Å². The molecule has 0 aromatic carbocycles. The third-order valence-electron chi connectivity index (χ3n) is 3.07. The Hall–Kier alpha value is -1.84. The number of pyridine rings is 1. The van der Waals surface area contributed by atoms with E-state index in [1.165, 1.54) is 0 Å². The van der Waals surface area contributed by atoms with Gasteiger partial charge in [0.15, 0.2) is 0 Å². The van der Waals surface area contributed by atoms with Crippen molar-refractivity contribution < 1.29 is 4.79 Å². The molecule has 0 bridgehead atoms. The van der Waals surface area contributed by atoms with Gasteiger partial charge >= 0.3 is 0 Å². The summed E-state index contributed by atoms with van der Waals surface area (Å²) in [6, 6.07) is 2.08. The van der Waals surface area contributed by atoms with Crippen LogP contribution >= 0.6 is 0 Å². The quantitative estimate of drug-likeness (QED) is 0.811. The summed E-state index contributed by atoms with van der Waals surface area (Å²) in [5, 5.41) is 2.64. The highest BCUT2D eigenvalue weighted by Crippen LogP contribution is 2.26. The summed E-state index contributed by atoms with van der Waals surface area (Å²) >= 11 is 0. The van der Waals surface area contributed by atoms with E-state index in [0.29, 0.717) is 5.56 Å². The second kappa shape index (κ2) is 4.12. The fraction of sp³-hybridized carbons (Fsp3) is 0.429. The minimum atomic E-state index is -0.112. The van der Waals surface area contributed by atoms with Gasteiger partial charge in [-0.3, -0.25) is 4.79 Å². The van der Waals surface area contributed by atoms with Crippen molar-refractivity contribution in [2.75, 3.05) is 7.05 Å². The Morgan fingerprint density at radius 1 is 1.39 bits per heavy atom. The van der Waals surface area contributed by atoms with Crippen LogP contribution in [0.5, 0.6) is 0 Å². The lowest BCUT2D eigenvalue weighted by Gasteiger charge is -2.18. The lowest BCUT2D eigenvalue weighted by atomic mass is 9.90. The average Bonchev–Trinajstić information content (AvgIpc) is 2.71. The topological polar surface area (TPSA) is 57.8 Å². The maximum atomic E-state index is 11.8. The minimum absolute atomic E-state index is 0.0316. The van der Waals surface area contributed by atoms with E-state index in [2.05, 4.69) is 42.1 Å². The molecule has 2 heterocycles. The van der Waals surface area contributed by atoms with E-state index in [9.17, 15) is 4.79 Å². The molecule has 0 aliphatic rings.